The zero-order valence-corrected chi connectivity index (χ0v) is 27.8. The van der Waals surface area contributed by atoms with Crippen LogP contribution in [0.15, 0.2) is 127 Å². The topological polar surface area (TPSA) is 133 Å². The number of benzene rings is 6. The van der Waals surface area contributed by atoms with Gasteiger partial charge >= 0.3 is 7.32 Å². The molecule has 0 heterocycles. The summed E-state index contributed by atoms with van der Waals surface area (Å²) in [7, 11) is -1.44. The molecule has 6 aromatic rings. The van der Waals surface area contributed by atoms with E-state index >= 15 is 0 Å². The molecule has 0 saturated heterocycles. The number of halogens is 3. The van der Waals surface area contributed by atoms with Crippen LogP contribution in [0.25, 0.3) is 0 Å². The van der Waals surface area contributed by atoms with Gasteiger partial charge in [-0.25, -0.2) is 0 Å². The lowest BCUT2D eigenvalue weighted by molar-refractivity contribution is 0.289. The molecule has 0 bridgehead atoms. The fourth-order valence-corrected chi connectivity index (χ4v) is 5.12. The first-order chi connectivity index (χ1) is 23.7. The molecular formula is C36H27BCl3N3O6. The highest BCUT2D eigenvalue weighted by atomic mass is 35.5. The van der Waals surface area contributed by atoms with Crippen LogP contribution in [0, 0.1) is 0 Å². The Morgan fingerprint density at radius 1 is 0.347 bits per heavy atom. The van der Waals surface area contributed by atoms with Crippen LogP contribution in [0.3, 0.4) is 0 Å². The number of nitrogen functional groups attached to an aromatic ring is 3. The van der Waals surface area contributed by atoms with E-state index < -0.39 is 7.32 Å². The van der Waals surface area contributed by atoms with Gasteiger partial charge in [0.1, 0.15) is 34.5 Å². The highest BCUT2D eigenvalue weighted by Crippen LogP contribution is 2.40. The molecule has 0 amide bonds. The summed E-state index contributed by atoms with van der Waals surface area (Å²) in [4.78, 5) is 0. The molecule has 0 aliphatic heterocycles. The molecular weight excluding hydrogens is 688 g/mol. The second-order valence-electron chi connectivity index (χ2n) is 10.4. The molecule has 6 rings (SSSR count). The average molecular weight is 715 g/mol. The lowest BCUT2D eigenvalue weighted by Gasteiger charge is -2.21. The van der Waals surface area contributed by atoms with Gasteiger partial charge in [0, 0.05) is 17.1 Å². The normalized spacial score (nSPS) is 10.6. The number of hydrogen-bond donors (Lipinski definition) is 3. The summed E-state index contributed by atoms with van der Waals surface area (Å²) in [6, 6.07) is 35.6. The van der Waals surface area contributed by atoms with Gasteiger partial charge in [-0.3, -0.25) is 0 Å². The van der Waals surface area contributed by atoms with Crippen molar-refractivity contribution in [2.45, 2.75) is 0 Å². The minimum Gasteiger partial charge on any atom is -0.486 e. The summed E-state index contributed by atoms with van der Waals surface area (Å²) >= 11 is 19.2. The van der Waals surface area contributed by atoms with Crippen molar-refractivity contribution in [3.8, 4) is 51.7 Å². The monoisotopic (exact) mass is 713 g/mol. The first kappa shape index (κ1) is 33.4. The first-order valence-electron chi connectivity index (χ1n) is 14.7. The molecule has 0 aliphatic rings. The van der Waals surface area contributed by atoms with E-state index in [0.29, 0.717) is 66.6 Å². The van der Waals surface area contributed by atoms with Gasteiger partial charge < -0.3 is 45.4 Å². The van der Waals surface area contributed by atoms with Gasteiger partial charge in [-0.2, -0.15) is 0 Å². The van der Waals surface area contributed by atoms with E-state index in [-0.39, 0.29) is 17.2 Å². The van der Waals surface area contributed by atoms with Crippen molar-refractivity contribution in [1.82, 2.24) is 0 Å². The van der Waals surface area contributed by atoms with Crippen LogP contribution in [0.4, 0.5) is 17.1 Å². The minimum absolute atomic E-state index is 0.264. The summed E-state index contributed by atoms with van der Waals surface area (Å²) < 4.78 is 37.4. The van der Waals surface area contributed by atoms with Crippen LogP contribution in [0.1, 0.15) is 0 Å². The Kier molecular flexibility index (Phi) is 10.3. The Morgan fingerprint density at radius 3 is 0.878 bits per heavy atom. The molecule has 0 saturated carbocycles. The van der Waals surface area contributed by atoms with E-state index in [9.17, 15) is 0 Å². The number of ether oxygens (including phenoxy) is 3. The molecule has 13 heteroatoms. The second kappa shape index (κ2) is 15.1. The molecule has 9 nitrogen and oxygen atoms in total. The highest BCUT2D eigenvalue weighted by molar-refractivity contribution is 6.40. The van der Waals surface area contributed by atoms with Crippen molar-refractivity contribution in [3.63, 3.8) is 0 Å². The number of para-hydroxylation sites is 6. The van der Waals surface area contributed by atoms with Gasteiger partial charge in [0.05, 0.1) is 15.1 Å². The van der Waals surface area contributed by atoms with Crippen LogP contribution in [-0.4, -0.2) is 7.32 Å². The van der Waals surface area contributed by atoms with E-state index in [2.05, 4.69) is 0 Å². The maximum atomic E-state index is 6.40. The number of hydrogen-bond acceptors (Lipinski definition) is 9. The van der Waals surface area contributed by atoms with Gasteiger partial charge in [-0.1, -0.05) is 71.2 Å². The molecule has 0 fully saturated rings. The zero-order valence-electron chi connectivity index (χ0n) is 25.5. The van der Waals surface area contributed by atoms with Crippen molar-refractivity contribution in [3.05, 3.63) is 142 Å². The molecule has 49 heavy (non-hydrogen) atoms. The van der Waals surface area contributed by atoms with Crippen LogP contribution < -0.4 is 45.4 Å². The zero-order chi connectivity index (χ0) is 34.3. The Labute approximate surface area is 297 Å². The van der Waals surface area contributed by atoms with E-state index in [0.717, 1.165) is 0 Å². The minimum atomic E-state index is -1.44. The third-order valence-corrected chi connectivity index (χ3v) is 7.63. The van der Waals surface area contributed by atoms with Crippen LogP contribution in [0.5, 0.6) is 51.7 Å². The Morgan fingerprint density at radius 2 is 0.612 bits per heavy atom. The average Bonchev–Trinajstić information content (AvgIpc) is 3.07. The second-order valence-corrected chi connectivity index (χ2v) is 11.6. The van der Waals surface area contributed by atoms with Gasteiger partial charge in [-0.15, -0.1) is 0 Å². The lowest BCUT2D eigenvalue weighted by atomic mass is 10.1. The van der Waals surface area contributed by atoms with E-state index in [4.69, 9.17) is 80.2 Å². The first-order valence-corrected chi connectivity index (χ1v) is 15.8. The number of rotatable bonds is 12. The maximum absolute atomic E-state index is 6.40. The fraction of sp³-hybridized carbons (Fsp3) is 0. The van der Waals surface area contributed by atoms with E-state index in [1.54, 1.807) is 127 Å². The van der Waals surface area contributed by atoms with Crippen molar-refractivity contribution >= 4 is 59.2 Å². The van der Waals surface area contributed by atoms with Crippen molar-refractivity contribution in [1.29, 1.82) is 0 Å². The molecule has 0 aromatic heterocycles. The highest BCUT2D eigenvalue weighted by Gasteiger charge is 2.34. The number of anilines is 3. The summed E-state index contributed by atoms with van der Waals surface area (Å²) in [5.74, 6) is 2.85. The van der Waals surface area contributed by atoms with Gasteiger partial charge in [-0.05, 0) is 91.0 Å². The number of nitrogens with two attached hydrogens (primary N) is 3. The fourth-order valence-electron chi connectivity index (χ4n) is 4.43. The van der Waals surface area contributed by atoms with Gasteiger partial charge in [0.25, 0.3) is 0 Å². The molecule has 6 N–H and O–H groups in total. The van der Waals surface area contributed by atoms with Crippen LogP contribution in [-0.2, 0) is 0 Å². The van der Waals surface area contributed by atoms with Crippen molar-refractivity contribution < 1.29 is 28.2 Å². The predicted octanol–water partition coefficient (Wildman–Crippen LogP) is 10.3. The molecule has 0 atom stereocenters. The third kappa shape index (κ3) is 8.49. The molecule has 0 spiro atoms. The van der Waals surface area contributed by atoms with E-state index in [1.165, 1.54) is 0 Å². The van der Waals surface area contributed by atoms with E-state index in [1.807, 2.05) is 0 Å². The third-order valence-electron chi connectivity index (χ3n) is 6.74. The van der Waals surface area contributed by atoms with Crippen molar-refractivity contribution in [2.75, 3.05) is 17.2 Å². The summed E-state index contributed by atoms with van der Waals surface area (Å²) in [6.07, 6.45) is 0. The van der Waals surface area contributed by atoms with Crippen molar-refractivity contribution in [2.24, 2.45) is 0 Å². The van der Waals surface area contributed by atoms with Gasteiger partial charge in [0.2, 0.25) is 0 Å². The molecule has 6 aromatic carbocycles. The molecule has 0 unspecified atom stereocenters. The standard InChI is InChI=1S/C36H27BCl3N3O6/c38-25-19-22(41)13-16-28(25)44-31-7-1-4-10-34(31)47-37(48-35-11-5-2-8-32(35)45-29-17-14-23(42)20-26(29)39)49-36-12-6-3-9-33(36)46-30-18-15-24(43)21-27(30)40/h1-21H,41-43H2. The van der Waals surface area contributed by atoms with Gasteiger partial charge in [0.15, 0.2) is 17.2 Å². The van der Waals surface area contributed by atoms with Crippen LogP contribution in [0.2, 0.25) is 15.1 Å². The SMILES string of the molecule is Nc1ccc(Oc2ccccc2OB(Oc2ccccc2Oc2ccc(N)cc2Cl)Oc2ccccc2Oc2ccc(N)cc2Cl)c(Cl)c1. The predicted molar refractivity (Wildman–Crippen MR) is 195 cm³/mol. The quantitative estimate of drug-likeness (QED) is 0.0836. The lowest BCUT2D eigenvalue weighted by Crippen LogP contribution is -2.37. The summed E-state index contributed by atoms with van der Waals surface area (Å²) in [5.41, 5.74) is 19.1. The summed E-state index contributed by atoms with van der Waals surface area (Å²) in [6.45, 7) is 0. The Bertz CT molecular complexity index is 1870. The molecule has 0 aliphatic carbocycles. The van der Waals surface area contributed by atoms with Crippen LogP contribution >= 0.6 is 34.8 Å². The molecule has 0 radical (unpaired) electrons. The smallest absolute Gasteiger partial charge is 0.486 e. The Balaban J connectivity index is 1.34. The molecule has 246 valence electrons. The Hall–Kier alpha value is -5.55. The maximum Gasteiger partial charge on any atom is 0.864 e. The largest absolute Gasteiger partial charge is 0.864 e. The summed E-state index contributed by atoms with van der Waals surface area (Å²) in [5, 5.41) is 0.955.